The smallest absolute Gasteiger partial charge is 0.314 e. The van der Waals surface area contributed by atoms with Crippen molar-refractivity contribution in [1.82, 2.24) is 0 Å². The normalized spacial score (nSPS) is 12.8. The van der Waals surface area contributed by atoms with Crippen LogP contribution >= 0.6 is 0 Å². The maximum Gasteiger partial charge on any atom is 0.314 e. The number of non-ortho nitro benzene ring substituents is 1. The molecule has 0 fully saturated rings. The molecule has 0 heterocycles. The van der Waals surface area contributed by atoms with Crippen LogP contribution in [-0.4, -0.2) is 25.1 Å². The Morgan fingerprint density at radius 2 is 1.79 bits per heavy atom. The fourth-order valence-electron chi connectivity index (χ4n) is 1.99. The van der Waals surface area contributed by atoms with Gasteiger partial charge in [-0.2, -0.15) is 0 Å². The molecule has 19 heavy (non-hydrogen) atoms. The summed E-state index contributed by atoms with van der Waals surface area (Å²) in [7, 11) is 2.80. The molecular formula is C13H17NO5. The van der Waals surface area contributed by atoms with E-state index in [2.05, 4.69) is 0 Å². The lowest BCUT2D eigenvalue weighted by Gasteiger charge is -2.30. The Morgan fingerprint density at radius 3 is 2.16 bits per heavy atom. The number of ether oxygens (including phenoxy) is 2. The van der Waals surface area contributed by atoms with Gasteiger partial charge in [0.05, 0.1) is 23.6 Å². The average molecular weight is 267 g/mol. The predicted molar refractivity (Wildman–Crippen MR) is 68.6 cm³/mol. The molecule has 0 bridgehead atoms. The number of hydrogen-bond acceptors (Lipinski definition) is 5. The molecule has 0 spiro atoms. The molecular weight excluding hydrogens is 250 g/mol. The third kappa shape index (κ3) is 3.08. The molecule has 0 saturated heterocycles. The summed E-state index contributed by atoms with van der Waals surface area (Å²) in [5, 5.41) is 10.6. The van der Waals surface area contributed by atoms with Gasteiger partial charge < -0.3 is 9.47 Å². The van der Waals surface area contributed by atoms with Gasteiger partial charge in [-0.3, -0.25) is 14.9 Å². The third-order valence-electron chi connectivity index (χ3n) is 3.01. The van der Waals surface area contributed by atoms with Crippen LogP contribution in [0.5, 0.6) is 0 Å². The lowest BCUT2D eigenvalue weighted by Crippen LogP contribution is -2.33. The molecule has 1 aromatic rings. The Hall–Kier alpha value is -1.95. The van der Waals surface area contributed by atoms with Crippen LogP contribution in [0.15, 0.2) is 24.3 Å². The summed E-state index contributed by atoms with van der Waals surface area (Å²) in [6, 6.07) is 5.93. The van der Waals surface area contributed by atoms with Crippen LogP contribution in [0.25, 0.3) is 0 Å². The minimum Gasteiger partial charge on any atom is -0.469 e. The molecule has 0 aliphatic heterocycles. The molecule has 0 aliphatic carbocycles. The van der Waals surface area contributed by atoms with Crippen LogP contribution in [-0.2, 0) is 14.3 Å². The van der Waals surface area contributed by atoms with E-state index in [1.807, 2.05) is 0 Å². The minimum atomic E-state index is -0.889. The topological polar surface area (TPSA) is 78.7 Å². The lowest BCUT2D eigenvalue weighted by molar-refractivity contribution is -0.384. The SMILES string of the molecule is COC(=O)C(C)(C)C(OC)c1ccc([N+](=O)[O-])cc1. The number of carbonyl (C=O) groups is 1. The zero-order chi connectivity index (χ0) is 14.6. The molecule has 0 aromatic heterocycles. The Morgan fingerprint density at radius 1 is 1.26 bits per heavy atom. The minimum absolute atomic E-state index is 0.00511. The van der Waals surface area contributed by atoms with Gasteiger partial charge in [0.2, 0.25) is 0 Å². The molecule has 104 valence electrons. The quantitative estimate of drug-likeness (QED) is 0.465. The Labute approximate surface area is 111 Å². The first-order valence-corrected chi connectivity index (χ1v) is 5.70. The molecule has 6 nitrogen and oxygen atoms in total. The van der Waals surface area contributed by atoms with Crippen molar-refractivity contribution >= 4 is 11.7 Å². The fraction of sp³-hybridized carbons (Fsp3) is 0.462. The van der Waals surface area contributed by atoms with Crippen molar-refractivity contribution < 1.29 is 19.2 Å². The number of nitro benzene ring substituents is 1. The first-order chi connectivity index (χ1) is 8.84. The van der Waals surface area contributed by atoms with Gasteiger partial charge in [0.25, 0.3) is 5.69 Å². The highest BCUT2D eigenvalue weighted by Gasteiger charge is 2.39. The van der Waals surface area contributed by atoms with Crippen molar-refractivity contribution in [3.05, 3.63) is 39.9 Å². The second kappa shape index (κ2) is 5.79. The van der Waals surface area contributed by atoms with E-state index in [1.165, 1.54) is 26.4 Å². The number of nitrogens with zero attached hydrogens (tertiary/aromatic N) is 1. The standard InChI is InChI=1S/C13H17NO5/c1-13(2,12(15)19-4)11(18-3)9-5-7-10(8-6-9)14(16)17/h5-8,11H,1-4H3. The molecule has 0 amide bonds. The number of nitro groups is 1. The second-order valence-corrected chi connectivity index (χ2v) is 4.68. The number of esters is 1. The van der Waals surface area contributed by atoms with E-state index in [4.69, 9.17) is 9.47 Å². The van der Waals surface area contributed by atoms with Crippen LogP contribution in [0, 0.1) is 15.5 Å². The van der Waals surface area contributed by atoms with Crippen molar-refractivity contribution in [2.24, 2.45) is 5.41 Å². The number of carbonyl (C=O) groups excluding carboxylic acids is 1. The van der Waals surface area contributed by atoms with Crippen molar-refractivity contribution in [3.63, 3.8) is 0 Å². The fourth-order valence-corrected chi connectivity index (χ4v) is 1.99. The van der Waals surface area contributed by atoms with Crippen molar-refractivity contribution in [2.75, 3.05) is 14.2 Å². The molecule has 1 unspecified atom stereocenters. The molecule has 6 heteroatoms. The van der Waals surface area contributed by atoms with Gasteiger partial charge in [-0.25, -0.2) is 0 Å². The van der Waals surface area contributed by atoms with E-state index in [0.29, 0.717) is 5.56 Å². The summed E-state index contributed by atoms with van der Waals surface area (Å²) in [4.78, 5) is 21.9. The summed E-state index contributed by atoms with van der Waals surface area (Å²) < 4.78 is 10.1. The van der Waals surface area contributed by atoms with E-state index in [1.54, 1.807) is 26.0 Å². The number of rotatable bonds is 5. The molecule has 0 saturated carbocycles. The molecule has 1 rings (SSSR count). The highest BCUT2D eigenvalue weighted by Crippen LogP contribution is 2.37. The lowest BCUT2D eigenvalue weighted by atomic mass is 9.82. The Bertz CT molecular complexity index is 466. The zero-order valence-corrected chi connectivity index (χ0v) is 11.4. The summed E-state index contributed by atoms with van der Waals surface area (Å²) in [5.41, 5.74) is -0.211. The van der Waals surface area contributed by atoms with Gasteiger partial charge in [0.15, 0.2) is 0 Å². The molecule has 0 N–H and O–H groups in total. The third-order valence-corrected chi connectivity index (χ3v) is 3.01. The molecule has 0 radical (unpaired) electrons. The maximum atomic E-state index is 11.8. The monoisotopic (exact) mass is 267 g/mol. The van der Waals surface area contributed by atoms with Gasteiger partial charge in [-0.1, -0.05) is 0 Å². The zero-order valence-electron chi connectivity index (χ0n) is 11.4. The van der Waals surface area contributed by atoms with Gasteiger partial charge in [0.1, 0.15) is 0 Å². The number of hydrogen-bond donors (Lipinski definition) is 0. The summed E-state index contributed by atoms with van der Waals surface area (Å²) in [6.45, 7) is 3.41. The first-order valence-electron chi connectivity index (χ1n) is 5.70. The molecule has 1 atom stereocenters. The Balaban J connectivity index is 3.10. The van der Waals surface area contributed by atoms with Crippen molar-refractivity contribution in [1.29, 1.82) is 0 Å². The second-order valence-electron chi connectivity index (χ2n) is 4.68. The van der Waals surface area contributed by atoms with E-state index >= 15 is 0 Å². The summed E-state index contributed by atoms with van der Waals surface area (Å²) in [6.07, 6.45) is -0.541. The maximum absolute atomic E-state index is 11.8. The van der Waals surface area contributed by atoms with E-state index in [9.17, 15) is 14.9 Å². The van der Waals surface area contributed by atoms with E-state index < -0.39 is 22.4 Å². The Kier molecular flexibility index (Phi) is 4.61. The van der Waals surface area contributed by atoms with Gasteiger partial charge in [-0.05, 0) is 31.5 Å². The van der Waals surface area contributed by atoms with Gasteiger partial charge in [0, 0.05) is 19.2 Å². The van der Waals surface area contributed by atoms with Crippen molar-refractivity contribution in [2.45, 2.75) is 20.0 Å². The molecule has 0 aliphatic rings. The highest BCUT2D eigenvalue weighted by atomic mass is 16.6. The average Bonchev–Trinajstić information content (AvgIpc) is 2.38. The number of benzene rings is 1. The predicted octanol–water partition coefficient (Wildman–Crippen LogP) is 2.48. The van der Waals surface area contributed by atoms with Crippen molar-refractivity contribution in [3.8, 4) is 0 Å². The van der Waals surface area contributed by atoms with Crippen LogP contribution < -0.4 is 0 Å². The summed E-state index contributed by atoms with van der Waals surface area (Å²) >= 11 is 0. The van der Waals surface area contributed by atoms with Gasteiger partial charge >= 0.3 is 5.97 Å². The summed E-state index contributed by atoms with van der Waals surface area (Å²) in [5.74, 6) is -0.405. The van der Waals surface area contributed by atoms with Crippen LogP contribution in [0.1, 0.15) is 25.5 Å². The largest absolute Gasteiger partial charge is 0.469 e. The van der Waals surface area contributed by atoms with Gasteiger partial charge in [-0.15, -0.1) is 0 Å². The number of methoxy groups -OCH3 is 2. The first kappa shape index (κ1) is 15.1. The van der Waals surface area contributed by atoms with E-state index in [-0.39, 0.29) is 5.69 Å². The highest BCUT2D eigenvalue weighted by molar-refractivity contribution is 5.76. The van der Waals surface area contributed by atoms with Crippen LogP contribution in [0.3, 0.4) is 0 Å². The van der Waals surface area contributed by atoms with Crippen LogP contribution in [0.4, 0.5) is 5.69 Å². The molecule has 1 aromatic carbocycles. The van der Waals surface area contributed by atoms with Crippen LogP contribution in [0.2, 0.25) is 0 Å². The van der Waals surface area contributed by atoms with E-state index in [0.717, 1.165) is 0 Å².